The highest BCUT2D eigenvalue weighted by Gasteiger charge is 2.47. The summed E-state index contributed by atoms with van der Waals surface area (Å²) < 4.78 is 0. The Kier molecular flexibility index (Phi) is 10.4. The molecular weight excluding hydrogens is 580 g/mol. The molecule has 6 heteroatoms. The van der Waals surface area contributed by atoms with Crippen LogP contribution in [0.3, 0.4) is 0 Å². The standard InChI is InChI=1S/C41H56N4O2/c1-5-32-30-22-28(3)26-40(32,34-16-18-38(46)44-36(34)24-30)42-20-14-12-10-8-7-9-11-13-15-21-43-41-27-29(4)23-31(33(41)6-2)25-37-35(41)17-19-39(47)45-37/h5-6,16-19,22-23,30-31,42-43H,7-15,20-21,24-27H2,1-4H3,(H,44,46)(H,45,47)/t30-,31-,40+,41+/m0/s1. The van der Waals surface area contributed by atoms with E-state index in [0.29, 0.717) is 11.8 Å². The average Bonchev–Trinajstić information content (AvgIpc) is 3.02. The molecule has 6 nitrogen and oxygen atoms in total. The second-order valence-electron chi connectivity index (χ2n) is 14.8. The first-order chi connectivity index (χ1) is 22.8. The van der Waals surface area contributed by atoms with Crippen molar-refractivity contribution in [2.45, 2.75) is 122 Å². The summed E-state index contributed by atoms with van der Waals surface area (Å²) in [5, 5.41) is 8.00. The lowest BCUT2D eigenvalue weighted by Crippen LogP contribution is -2.52. The molecule has 4 N–H and O–H groups in total. The predicted molar refractivity (Wildman–Crippen MR) is 194 cm³/mol. The summed E-state index contributed by atoms with van der Waals surface area (Å²) in [4.78, 5) is 30.5. The van der Waals surface area contributed by atoms with E-state index in [4.69, 9.17) is 0 Å². The van der Waals surface area contributed by atoms with Gasteiger partial charge in [0.2, 0.25) is 11.1 Å². The van der Waals surface area contributed by atoms with E-state index in [1.54, 1.807) is 12.1 Å². The van der Waals surface area contributed by atoms with E-state index in [2.05, 4.69) is 84.7 Å². The minimum absolute atomic E-state index is 0.000970. The van der Waals surface area contributed by atoms with Gasteiger partial charge in [-0.05, 0) is 114 Å². The quantitative estimate of drug-likeness (QED) is 0.126. The normalized spacial score (nSPS) is 27.7. The van der Waals surface area contributed by atoms with Crippen molar-refractivity contribution in [2.24, 2.45) is 11.8 Å². The lowest BCUT2D eigenvalue weighted by Gasteiger charge is -2.48. The van der Waals surface area contributed by atoms with Gasteiger partial charge in [0.25, 0.3) is 0 Å². The van der Waals surface area contributed by atoms with E-state index in [-0.39, 0.29) is 22.2 Å². The van der Waals surface area contributed by atoms with Gasteiger partial charge < -0.3 is 20.6 Å². The lowest BCUT2D eigenvalue weighted by molar-refractivity contribution is 0.319. The summed E-state index contributed by atoms with van der Waals surface area (Å²) in [5.41, 5.74) is 10.2. The maximum atomic E-state index is 12.1. The molecule has 0 unspecified atom stereocenters. The van der Waals surface area contributed by atoms with Crippen molar-refractivity contribution in [3.8, 4) is 0 Å². The molecule has 4 bridgehead atoms. The molecule has 0 aliphatic heterocycles. The number of unbranched alkanes of at least 4 members (excludes halogenated alkanes) is 8. The number of fused-ring (bicyclic) bond motifs is 8. The molecule has 4 aliphatic rings. The van der Waals surface area contributed by atoms with Gasteiger partial charge >= 0.3 is 0 Å². The van der Waals surface area contributed by atoms with Gasteiger partial charge in [-0.2, -0.15) is 0 Å². The Morgan fingerprint density at radius 3 is 1.40 bits per heavy atom. The van der Waals surface area contributed by atoms with Crippen LogP contribution in [0, 0.1) is 11.8 Å². The van der Waals surface area contributed by atoms with Crippen molar-refractivity contribution in [2.75, 3.05) is 13.1 Å². The summed E-state index contributed by atoms with van der Waals surface area (Å²) in [7, 11) is 0. The van der Waals surface area contributed by atoms with Crippen LogP contribution in [0.2, 0.25) is 0 Å². The van der Waals surface area contributed by atoms with Gasteiger partial charge in [0.05, 0.1) is 11.1 Å². The van der Waals surface area contributed by atoms with Crippen molar-refractivity contribution in [1.82, 2.24) is 20.6 Å². The third-order valence-corrected chi connectivity index (χ3v) is 11.4. The van der Waals surface area contributed by atoms with Crippen LogP contribution in [0.5, 0.6) is 0 Å². The number of nitrogens with one attached hydrogen (secondary N) is 4. The number of aromatic nitrogens is 2. The largest absolute Gasteiger partial charge is 0.326 e. The molecule has 2 aromatic rings. The third-order valence-electron chi connectivity index (χ3n) is 11.4. The molecule has 0 amide bonds. The zero-order valence-electron chi connectivity index (χ0n) is 29.2. The summed E-state index contributed by atoms with van der Waals surface area (Å²) in [6.45, 7) is 10.8. The molecule has 4 atom stereocenters. The Hall–Kier alpha value is -3.22. The van der Waals surface area contributed by atoms with E-state index in [1.165, 1.54) is 91.2 Å². The second-order valence-corrected chi connectivity index (χ2v) is 14.8. The highest BCUT2D eigenvalue weighted by Crippen LogP contribution is 2.50. The maximum absolute atomic E-state index is 12.1. The Labute approximate surface area is 281 Å². The SMILES string of the molecule is CC=C1[C@H]2C=C(C)C[C@]1(NCCCCCCCCCCCN[C@@]13CC(C)=C[C@@H](Cc4[nH]c(=O)ccc41)C3=CC)c1ccc(=O)[nH]c1C2. The molecule has 4 aliphatic carbocycles. The zero-order chi connectivity index (χ0) is 33.0. The Bertz CT molecular complexity index is 1570. The van der Waals surface area contributed by atoms with E-state index in [9.17, 15) is 9.59 Å². The summed E-state index contributed by atoms with van der Waals surface area (Å²) >= 11 is 0. The average molecular weight is 637 g/mol. The van der Waals surface area contributed by atoms with Crippen LogP contribution in [0.1, 0.15) is 121 Å². The zero-order valence-corrected chi connectivity index (χ0v) is 29.2. The molecule has 0 fully saturated rings. The van der Waals surface area contributed by atoms with Gasteiger partial charge in [-0.1, -0.05) is 80.4 Å². The van der Waals surface area contributed by atoms with E-state index < -0.39 is 0 Å². The fourth-order valence-corrected chi connectivity index (χ4v) is 9.62. The van der Waals surface area contributed by atoms with Crippen LogP contribution in [0.4, 0.5) is 0 Å². The molecule has 252 valence electrons. The van der Waals surface area contributed by atoms with Gasteiger partial charge in [-0.3, -0.25) is 9.59 Å². The van der Waals surface area contributed by atoms with Crippen LogP contribution < -0.4 is 21.8 Å². The highest BCUT2D eigenvalue weighted by atomic mass is 16.1. The van der Waals surface area contributed by atoms with Gasteiger partial charge in [0.15, 0.2) is 0 Å². The number of aromatic amines is 2. The number of pyridine rings is 2. The Morgan fingerprint density at radius 2 is 1.02 bits per heavy atom. The van der Waals surface area contributed by atoms with Crippen LogP contribution in [0.25, 0.3) is 0 Å². The van der Waals surface area contributed by atoms with E-state index in [0.717, 1.165) is 50.2 Å². The molecule has 0 saturated carbocycles. The van der Waals surface area contributed by atoms with Crippen molar-refractivity contribution in [3.05, 3.63) is 114 Å². The Balaban J connectivity index is 0.903. The van der Waals surface area contributed by atoms with Crippen LogP contribution in [0.15, 0.2) is 80.5 Å². The fraction of sp³-hybridized carbons (Fsp3) is 0.561. The van der Waals surface area contributed by atoms with Gasteiger partial charge in [-0.25, -0.2) is 0 Å². The number of hydrogen-bond acceptors (Lipinski definition) is 4. The van der Waals surface area contributed by atoms with Crippen molar-refractivity contribution >= 4 is 0 Å². The minimum Gasteiger partial charge on any atom is -0.326 e. The molecule has 0 spiro atoms. The van der Waals surface area contributed by atoms with E-state index >= 15 is 0 Å². The minimum atomic E-state index is -0.188. The first-order valence-electron chi connectivity index (χ1n) is 18.4. The molecule has 47 heavy (non-hydrogen) atoms. The number of hydrogen-bond donors (Lipinski definition) is 4. The summed E-state index contributed by atoms with van der Waals surface area (Å²) in [6, 6.07) is 7.53. The first kappa shape index (κ1) is 33.7. The smallest absolute Gasteiger partial charge is 0.248 e. The van der Waals surface area contributed by atoms with E-state index in [1.807, 2.05) is 0 Å². The molecule has 0 saturated heterocycles. The van der Waals surface area contributed by atoms with Crippen LogP contribution in [-0.2, 0) is 23.9 Å². The molecule has 0 radical (unpaired) electrons. The molecular formula is C41H56N4O2. The van der Waals surface area contributed by atoms with Gasteiger partial charge in [-0.15, -0.1) is 0 Å². The third kappa shape index (κ3) is 6.73. The molecule has 0 aromatic carbocycles. The lowest BCUT2D eigenvalue weighted by atomic mass is 9.63. The number of allylic oxidation sites excluding steroid dienone is 4. The van der Waals surface area contributed by atoms with Crippen LogP contribution in [-0.4, -0.2) is 23.1 Å². The maximum Gasteiger partial charge on any atom is 0.248 e. The Morgan fingerprint density at radius 1 is 0.638 bits per heavy atom. The topological polar surface area (TPSA) is 89.8 Å². The molecule has 6 rings (SSSR count). The second kappa shape index (κ2) is 14.5. The van der Waals surface area contributed by atoms with Crippen molar-refractivity contribution < 1.29 is 0 Å². The first-order valence-corrected chi connectivity index (χ1v) is 18.4. The van der Waals surface area contributed by atoms with Crippen LogP contribution >= 0.6 is 0 Å². The van der Waals surface area contributed by atoms with Crippen molar-refractivity contribution in [3.63, 3.8) is 0 Å². The summed E-state index contributed by atoms with van der Waals surface area (Å²) in [6.07, 6.45) is 24.5. The molecule has 2 heterocycles. The predicted octanol–water partition coefficient (Wildman–Crippen LogP) is 7.78. The number of H-pyrrole nitrogens is 2. The monoisotopic (exact) mass is 636 g/mol. The number of rotatable bonds is 14. The highest BCUT2D eigenvalue weighted by molar-refractivity contribution is 5.50. The molecule has 2 aromatic heterocycles. The van der Waals surface area contributed by atoms with Crippen molar-refractivity contribution in [1.29, 1.82) is 0 Å². The fourth-order valence-electron chi connectivity index (χ4n) is 9.62. The summed E-state index contributed by atoms with van der Waals surface area (Å²) in [5.74, 6) is 0.731. The van der Waals surface area contributed by atoms with Gasteiger partial charge in [0.1, 0.15) is 0 Å². The van der Waals surface area contributed by atoms with Gasteiger partial charge in [0, 0.05) is 35.4 Å².